The number of rotatable bonds is 5. The Morgan fingerprint density at radius 3 is 2.78 bits per heavy atom. The van der Waals surface area contributed by atoms with Crippen LogP contribution in [0, 0.1) is 0 Å². The number of amides is 1. The number of nitrogens with zero attached hydrogens (tertiary/aromatic N) is 2. The lowest BCUT2D eigenvalue weighted by Gasteiger charge is -2.22. The Balaban J connectivity index is 1.40. The van der Waals surface area contributed by atoms with E-state index in [1.54, 1.807) is 0 Å². The van der Waals surface area contributed by atoms with Crippen LogP contribution >= 0.6 is 0 Å². The summed E-state index contributed by atoms with van der Waals surface area (Å²) in [5, 5.41) is 2.91. The molecule has 1 aromatic rings. The summed E-state index contributed by atoms with van der Waals surface area (Å²) in [6.45, 7) is 0.331. The van der Waals surface area contributed by atoms with E-state index >= 15 is 0 Å². The SMILES string of the molecule is O=C(c1ccccc1OC(F)(F)C(F)F)N1CC[C@@H](NC2=NC3C=CC(F)=C(F)C3O2)C1. The topological polar surface area (TPSA) is 63.2 Å². The minimum Gasteiger partial charge on any atom is -0.452 e. The first kappa shape index (κ1) is 22.0. The molecule has 0 spiro atoms. The van der Waals surface area contributed by atoms with E-state index in [9.17, 15) is 31.1 Å². The lowest BCUT2D eigenvalue weighted by molar-refractivity contribution is -0.253. The molecule has 1 aliphatic carbocycles. The zero-order valence-electron chi connectivity index (χ0n) is 16.3. The van der Waals surface area contributed by atoms with E-state index < -0.39 is 48.0 Å². The molecule has 1 saturated heterocycles. The average molecular weight is 461 g/mol. The molecule has 12 heteroatoms. The van der Waals surface area contributed by atoms with Gasteiger partial charge in [0.1, 0.15) is 11.8 Å². The fraction of sp³-hybridized carbons (Fsp3) is 0.400. The molecule has 172 valence electrons. The molecule has 6 nitrogen and oxygen atoms in total. The highest BCUT2D eigenvalue weighted by molar-refractivity contribution is 5.97. The number of carbonyl (C=O) groups is 1. The molecule has 1 fully saturated rings. The predicted octanol–water partition coefficient (Wildman–Crippen LogP) is 3.57. The lowest BCUT2D eigenvalue weighted by atomic mass is 10.1. The van der Waals surface area contributed by atoms with Crippen molar-refractivity contribution >= 4 is 11.9 Å². The molecular weight excluding hydrogens is 444 g/mol. The van der Waals surface area contributed by atoms with Gasteiger partial charge in [0.15, 0.2) is 17.8 Å². The number of benzene rings is 1. The van der Waals surface area contributed by atoms with Crippen molar-refractivity contribution in [1.82, 2.24) is 10.2 Å². The van der Waals surface area contributed by atoms with Crippen LogP contribution < -0.4 is 10.1 Å². The highest BCUT2D eigenvalue weighted by atomic mass is 19.3. The predicted molar refractivity (Wildman–Crippen MR) is 99.9 cm³/mol. The number of nitrogens with one attached hydrogen (secondary N) is 1. The zero-order chi connectivity index (χ0) is 23.0. The molecule has 4 rings (SSSR count). The number of ether oxygens (including phenoxy) is 2. The summed E-state index contributed by atoms with van der Waals surface area (Å²) < 4.78 is 88.3. The molecule has 3 aliphatic rings. The normalized spacial score (nSPS) is 25.0. The lowest BCUT2D eigenvalue weighted by Crippen LogP contribution is -2.39. The molecule has 2 unspecified atom stereocenters. The van der Waals surface area contributed by atoms with Crippen molar-refractivity contribution in [1.29, 1.82) is 0 Å². The first-order valence-electron chi connectivity index (χ1n) is 9.63. The molecule has 2 aliphatic heterocycles. The number of para-hydroxylation sites is 1. The van der Waals surface area contributed by atoms with Gasteiger partial charge in [0.05, 0.1) is 5.56 Å². The van der Waals surface area contributed by atoms with Crippen molar-refractivity contribution in [2.45, 2.75) is 37.1 Å². The summed E-state index contributed by atoms with van der Waals surface area (Å²) in [6.07, 6.45) is -7.25. The molecule has 1 N–H and O–H groups in total. The van der Waals surface area contributed by atoms with Gasteiger partial charge in [-0.3, -0.25) is 4.79 Å². The van der Waals surface area contributed by atoms with Crippen LogP contribution in [0.15, 0.2) is 53.1 Å². The average Bonchev–Trinajstić information content (AvgIpc) is 3.38. The minimum atomic E-state index is -4.75. The standard InChI is InChI=1S/C20H17F6N3O3/c21-12-5-6-13-16(15(12)22)31-19(28-13)27-10-7-8-29(9-10)17(30)11-3-1-2-4-14(11)32-20(25,26)18(23)24/h1-6,10,13,16,18H,7-9H2,(H,27,28)/t10-,13?,16?/m1/s1. The van der Waals surface area contributed by atoms with Crippen molar-refractivity contribution in [2.24, 2.45) is 4.99 Å². The third-order valence-electron chi connectivity index (χ3n) is 5.15. The van der Waals surface area contributed by atoms with Gasteiger partial charge in [0.25, 0.3) is 11.9 Å². The van der Waals surface area contributed by atoms with Gasteiger partial charge in [-0.05, 0) is 24.6 Å². The summed E-state index contributed by atoms with van der Waals surface area (Å²) >= 11 is 0. The van der Waals surface area contributed by atoms with Crippen LogP contribution in [0.4, 0.5) is 26.3 Å². The van der Waals surface area contributed by atoms with Crippen molar-refractivity contribution in [3.8, 4) is 5.75 Å². The second-order valence-corrected chi connectivity index (χ2v) is 7.36. The summed E-state index contributed by atoms with van der Waals surface area (Å²) in [5.74, 6) is -3.43. The van der Waals surface area contributed by atoms with Crippen molar-refractivity contribution in [3.63, 3.8) is 0 Å². The highest BCUT2D eigenvalue weighted by Gasteiger charge is 2.45. The molecule has 0 bridgehead atoms. The number of hydrogen-bond acceptors (Lipinski definition) is 5. The number of amidine groups is 1. The summed E-state index contributed by atoms with van der Waals surface area (Å²) in [6, 6.07) is 3.80. The molecule has 1 amide bonds. The number of fused-ring (bicyclic) bond motifs is 1. The Morgan fingerprint density at radius 1 is 1.28 bits per heavy atom. The second kappa shape index (κ2) is 8.40. The first-order valence-corrected chi connectivity index (χ1v) is 9.63. The highest BCUT2D eigenvalue weighted by Crippen LogP contribution is 2.32. The van der Waals surface area contributed by atoms with Gasteiger partial charge in [-0.15, -0.1) is 0 Å². The van der Waals surface area contributed by atoms with Crippen LogP contribution in [0.3, 0.4) is 0 Å². The molecule has 1 aromatic carbocycles. The van der Waals surface area contributed by atoms with Crippen LogP contribution in [-0.4, -0.2) is 60.6 Å². The number of aliphatic imine (C=N–C) groups is 1. The Hall–Kier alpha value is -3.18. The number of allylic oxidation sites excluding steroid dienone is 2. The molecule has 3 atom stereocenters. The van der Waals surface area contributed by atoms with Gasteiger partial charge in [-0.25, -0.2) is 13.8 Å². The second-order valence-electron chi connectivity index (χ2n) is 7.36. The maximum Gasteiger partial charge on any atom is 0.461 e. The smallest absolute Gasteiger partial charge is 0.452 e. The van der Waals surface area contributed by atoms with E-state index in [0.717, 1.165) is 12.1 Å². The molecule has 0 saturated carbocycles. The number of alkyl halides is 4. The van der Waals surface area contributed by atoms with Gasteiger partial charge in [0, 0.05) is 19.1 Å². The summed E-state index contributed by atoms with van der Waals surface area (Å²) in [4.78, 5) is 18.3. The number of hydrogen-bond donors (Lipinski definition) is 1. The van der Waals surface area contributed by atoms with E-state index in [4.69, 9.17) is 4.74 Å². The largest absolute Gasteiger partial charge is 0.461 e. The van der Waals surface area contributed by atoms with Crippen LogP contribution in [-0.2, 0) is 4.74 Å². The molecule has 32 heavy (non-hydrogen) atoms. The molecule has 2 heterocycles. The van der Waals surface area contributed by atoms with Crippen molar-refractivity contribution in [3.05, 3.63) is 53.6 Å². The third kappa shape index (κ3) is 4.26. The quantitative estimate of drug-likeness (QED) is 0.682. The maximum absolute atomic E-state index is 13.8. The van der Waals surface area contributed by atoms with Gasteiger partial charge in [-0.1, -0.05) is 18.2 Å². The Morgan fingerprint density at radius 2 is 2.03 bits per heavy atom. The Bertz CT molecular complexity index is 997. The van der Waals surface area contributed by atoms with Gasteiger partial charge in [-0.2, -0.15) is 17.6 Å². The van der Waals surface area contributed by atoms with Gasteiger partial charge >= 0.3 is 12.5 Å². The van der Waals surface area contributed by atoms with Gasteiger partial charge < -0.3 is 19.7 Å². The van der Waals surface area contributed by atoms with Crippen molar-refractivity contribution in [2.75, 3.05) is 13.1 Å². The Kier molecular flexibility index (Phi) is 5.78. The zero-order valence-corrected chi connectivity index (χ0v) is 16.3. The van der Waals surface area contributed by atoms with Crippen LogP contribution in [0.1, 0.15) is 16.8 Å². The third-order valence-corrected chi connectivity index (χ3v) is 5.15. The molecule has 0 radical (unpaired) electrons. The van der Waals surface area contributed by atoms with E-state index in [1.807, 2.05) is 0 Å². The Labute approximate surface area is 178 Å². The van der Waals surface area contributed by atoms with E-state index in [2.05, 4.69) is 15.0 Å². The minimum absolute atomic E-state index is 0.00546. The van der Waals surface area contributed by atoms with Crippen molar-refractivity contribution < 1.29 is 40.6 Å². The summed E-state index contributed by atoms with van der Waals surface area (Å²) in [5.41, 5.74) is -0.290. The first-order chi connectivity index (χ1) is 15.2. The fourth-order valence-electron chi connectivity index (χ4n) is 3.57. The number of halogens is 6. The summed E-state index contributed by atoms with van der Waals surface area (Å²) in [7, 11) is 0. The maximum atomic E-state index is 13.8. The van der Waals surface area contributed by atoms with Gasteiger partial charge in [0.2, 0.25) is 0 Å². The fourth-order valence-corrected chi connectivity index (χ4v) is 3.57. The van der Waals surface area contributed by atoms with Crippen LogP contribution in [0.2, 0.25) is 0 Å². The monoisotopic (exact) mass is 461 g/mol. The number of carbonyl (C=O) groups excluding carboxylic acids is 1. The number of likely N-dealkylation sites (tertiary alicyclic amines) is 1. The van der Waals surface area contributed by atoms with Crippen LogP contribution in [0.25, 0.3) is 0 Å². The van der Waals surface area contributed by atoms with E-state index in [1.165, 1.54) is 29.2 Å². The molecular formula is C20H17F6N3O3. The van der Waals surface area contributed by atoms with Crippen LogP contribution in [0.5, 0.6) is 5.75 Å². The molecule has 0 aromatic heterocycles. The van der Waals surface area contributed by atoms with E-state index in [0.29, 0.717) is 6.42 Å². The van der Waals surface area contributed by atoms with E-state index in [-0.39, 0.29) is 30.7 Å².